The zero-order valence-electron chi connectivity index (χ0n) is 13.0. The summed E-state index contributed by atoms with van der Waals surface area (Å²) in [7, 11) is 1.99. The molecule has 0 fully saturated rings. The molecule has 0 spiro atoms. The third-order valence-corrected chi connectivity index (χ3v) is 3.45. The van der Waals surface area contributed by atoms with Crippen LogP contribution >= 0.6 is 0 Å². The van der Waals surface area contributed by atoms with E-state index in [1.54, 1.807) is 0 Å². The van der Waals surface area contributed by atoms with Gasteiger partial charge in [0.2, 0.25) is 0 Å². The Bertz CT molecular complexity index is 552. The average Bonchev–Trinajstić information content (AvgIpc) is 2.38. The lowest BCUT2D eigenvalue weighted by Gasteiger charge is -2.09. The molecular weight excluding hydrogens is 242 g/mol. The highest BCUT2D eigenvalue weighted by Crippen LogP contribution is 2.23. The topological polar surface area (TPSA) is 12.0 Å². The summed E-state index contributed by atoms with van der Waals surface area (Å²) in [5.74, 6) is 0.710. The van der Waals surface area contributed by atoms with E-state index in [9.17, 15) is 0 Å². The largest absolute Gasteiger partial charge is 0.316 e. The van der Waals surface area contributed by atoms with Crippen LogP contribution in [-0.4, -0.2) is 7.05 Å². The van der Waals surface area contributed by atoms with E-state index in [1.807, 2.05) is 7.05 Å². The van der Waals surface area contributed by atoms with Crippen LogP contribution in [0, 0.1) is 12.8 Å². The summed E-state index contributed by atoms with van der Waals surface area (Å²) in [4.78, 5) is 0. The lowest BCUT2D eigenvalue weighted by molar-refractivity contribution is 0.647. The minimum atomic E-state index is 0.710. The first-order valence-corrected chi connectivity index (χ1v) is 7.43. The SMILES string of the molecule is CNCc1cc(C)cc(-c2ccc(CC(C)C)cc2)c1. The van der Waals surface area contributed by atoms with Crippen molar-refractivity contribution in [2.45, 2.75) is 33.7 Å². The molecule has 0 atom stereocenters. The molecule has 0 aliphatic heterocycles. The Kier molecular flexibility index (Phi) is 4.97. The number of hydrogen-bond donors (Lipinski definition) is 1. The van der Waals surface area contributed by atoms with Crippen molar-refractivity contribution in [3.63, 3.8) is 0 Å². The second-order valence-electron chi connectivity index (χ2n) is 6.03. The Labute approximate surface area is 123 Å². The summed E-state index contributed by atoms with van der Waals surface area (Å²) < 4.78 is 0. The number of nitrogens with one attached hydrogen (secondary N) is 1. The molecule has 1 nitrogen and oxygen atoms in total. The van der Waals surface area contributed by atoms with Gasteiger partial charge in [-0.25, -0.2) is 0 Å². The lowest BCUT2D eigenvalue weighted by atomic mass is 9.97. The Morgan fingerprint density at radius 3 is 2.20 bits per heavy atom. The van der Waals surface area contributed by atoms with Gasteiger partial charge in [-0.3, -0.25) is 0 Å². The monoisotopic (exact) mass is 267 g/mol. The molecule has 0 aliphatic rings. The molecule has 1 N–H and O–H groups in total. The fraction of sp³-hybridized carbons (Fsp3) is 0.368. The molecular formula is C19H25N. The first-order valence-electron chi connectivity index (χ1n) is 7.43. The van der Waals surface area contributed by atoms with Crippen LogP contribution in [-0.2, 0) is 13.0 Å². The van der Waals surface area contributed by atoms with E-state index in [0.29, 0.717) is 5.92 Å². The van der Waals surface area contributed by atoms with Gasteiger partial charge < -0.3 is 5.32 Å². The molecule has 0 aromatic heterocycles. The third kappa shape index (κ3) is 3.94. The van der Waals surface area contributed by atoms with Crippen molar-refractivity contribution in [2.24, 2.45) is 5.92 Å². The molecule has 0 saturated carbocycles. The van der Waals surface area contributed by atoms with E-state index in [1.165, 1.54) is 27.8 Å². The van der Waals surface area contributed by atoms with Crippen molar-refractivity contribution in [3.8, 4) is 11.1 Å². The maximum atomic E-state index is 3.22. The summed E-state index contributed by atoms with van der Waals surface area (Å²) in [5.41, 5.74) is 6.70. The molecule has 2 aromatic rings. The Morgan fingerprint density at radius 1 is 0.900 bits per heavy atom. The zero-order chi connectivity index (χ0) is 14.5. The number of aryl methyl sites for hydroxylation is 1. The molecule has 1 heteroatoms. The van der Waals surface area contributed by atoms with E-state index >= 15 is 0 Å². The standard InChI is InChI=1S/C19H25N/c1-14(2)9-16-5-7-18(8-6-16)19-11-15(3)10-17(12-19)13-20-4/h5-8,10-12,14,20H,9,13H2,1-4H3. The fourth-order valence-corrected chi connectivity index (χ4v) is 2.64. The van der Waals surface area contributed by atoms with Gasteiger partial charge in [0.15, 0.2) is 0 Å². The van der Waals surface area contributed by atoms with Crippen LogP contribution in [0.3, 0.4) is 0 Å². The first kappa shape index (κ1) is 14.8. The summed E-state index contributed by atoms with van der Waals surface area (Å²) in [6.45, 7) is 7.60. The van der Waals surface area contributed by atoms with Crippen molar-refractivity contribution < 1.29 is 0 Å². The van der Waals surface area contributed by atoms with Gasteiger partial charge in [-0.2, -0.15) is 0 Å². The van der Waals surface area contributed by atoms with Gasteiger partial charge in [-0.05, 0) is 54.6 Å². The van der Waals surface area contributed by atoms with Crippen molar-refractivity contribution in [1.29, 1.82) is 0 Å². The summed E-state index contributed by atoms with van der Waals surface area (Å²) in [5, 5.41) is 3.22. The molecule has 106 valence electrons. The molecule has 2 rings (SSSR count). The van der Waals surface area contributed by atoms with Gasteiger partial charge in [-0.1, -0.05) is 55.8 Å². The second kappa shape index (κ2) is 6.71. The molecule has 0 unspecified atom stereocenters. The van der Waals surface area contributed by atoms with E-state index in [0.717, 1.165) is 13.0 Å². The normalized spacial score (nSPS) is 11.1. The van der Waals surface area contributed by atoms with Crippen LogP contribution in [0.1, 0.15) is 30.5 Å². The Hall–Kier alpha value is -1.60. The average molecular weight is 267 g/mol. The van der Waals surface area contributed by atoms with Gasteiger partial charge >= 0.3 is 0 Å². The smallest absolute Gasteiger partial charge is 0.0202 e. The van der Waals surface area contributed by atoms with E-state index in [4.69, 9.17) is 0 Å². The zero-order valence-corrected chi connectivity index (χ0v) is 13.0. The van der Waals surface area contributed by atoms with Crippen molar-refractivity contribution in [1.82, 2.24) is 5.32 Å². The van der Waals surface area contributed by atoms with Crippen LogP contribution in [0.4, 0.5) is 0 Å². The number of rotatable bonds is 5. The quantitative estimate of drug-likeness (QED) is 0.836. The highest BCUT2D eigenvalue weighted by molar-refractivity contribution is 5.65. The molecule has 0 aliphatic carbocycles. The molecule has 0 radical (unpaired) electrons. The molecule has 0 saturated heterocycles. The van der Waals surface area contributed by atoms with Gasteiger partial charge in [-0.15, -0.1) is 0 Å². The predicted octanol–water partition coefficient (Wildman–Crippen LogP) is 4.58. The maximum absolute atomic E-state index is 3.22. The highest BCUT2D eigenvalue weighted by Gasteiger charge is 2.03. The molecule has 20 heavy (non-hydrogen) atoms. The fourth-order valence-electron chi connectivity index (χ4n) is 2.64. The maximum Gasteiger partial charge on any atom is 0.0202 e. The minimum Gasteiger partial charge on any atom is -0.316 e. The first-order chi connectivity index (χ1) is 9.58. The molecule has 0 bridgehead atoms. The minimum absolute atomic E-state index is 0.710. The van der Waals surface area contributed by atoms with Gasteiger partial charge in [0.25, 0.3) is 0 Å². The van der Waals surface area contributed by atoms with Crippen molar-refractivity contribution >= 4 is 0 Å². The van der Waals surface area contributed by atoms with Crippen LogP contribution in [0.15, 0.2) is 42.5 Å². The Balaban J connectivity index is 2.26. The van der Waals surface area contributed by atoms with Crippen molar-refractivity contribution in [2.75, 3.05) is 7.05 Å². The van der Waals surface area contributed by atoms with Gasteiger partial charge in [0.1, 0.15) is 0 Å². The molecule has 0 amide bonds. The molecule has 0 heterocycles. The van der Waals surface area contributed by atoms with E-state index in [-0.39, 0.29) is 0 Å². The van der Waals surface area contributed by atoms with Crippen molar-refractivity contribution in [3.05, 3.63) is 59.2 Å². The van der Waals surface area contributed by atoms with Gasteiger partial charge in [0.05, 0.1) is 0 Å². The second-order valence-corrected chi connectivity index (χ2v) is 6.03. The Morgan fingerprint density at radius 2 is 1.60 bits per heavy atom. The number of benzene rings is 2. The van der Waals surface area contributed by atoms with Crippen LogP contribution in [0.25, 0.3) is 11.1 Å². The van der Waals surface area contributed by atoms with Crippen LogP contribution < -0.4 is 5.32 Å². The molecule has 2 aromatic carbocycles. The summed E-state index contributed by atoms with van der Waals surface area (Å²) in [6, 6.07) is 15.8. The lowest BCUT2D eigenvalue weighted by Crippen LogP contribution is -2.05. The number of hydrogen-bond acceptors (Lipinski definition) is 1. The third-order valence-electron chi connectivity index (χ3n) is 3.45. The van der Waals surface area contributed by atoms with E-state index in [2.05, 4.69) is 68.6 Å². The highest BCUT2D eigenvalue weighted by atomic mass is 14.8. The van der Waals surface area contributed by atoms with E-state index < -0.39 is 0 Å². The summed E-state index contributed by atoms with van der Waals surface area (Å²) in [6.07, 6.45) is 1.15. The van der Waals surface area contributed by atoms with Gasteiger partial charge in [0, 0.05) is 6.54 Å². The van der Waals surface area contributed by atoms with Crippen LogP contribution in [0.2, 0.25) is 0 Å². The van der Waals surface area contributed by atoms with Crippen LogP contribution in [0.5, 0.6) is 0 Å². The predicted molar refractivity (Wildman–Crippen MR) is 87.9 cm³/mol. The summed E-state index contributed by atoms with van der Waals surface area (Å²) >= 11 is 0.